The second-order valence-electron chi connectivity index (χ2n) is 3.12. The van der Waals surface area contributed by atoms with Gasteiger partial charge in [-0.1, -0.05) is 13.8 Å². The minimum Gasteiger partial charge on any atom is -0.452 e. The Bertz CT molecular complexity index is 355. The molecule has 0 aliphatic rings. The molecule has 5 heteroatoms. The van der Waals surface area contributed by atoms with Crippen molar-refractivity contribution < 1.29 is 14.3 Å². The maximum Gasteiger partial charge on any atom is 0.419 e. The summed E-state index contributed by atoms with van der Waals surface area (Å²) in [6.45, 7) is 3.77. The highest BCUT2D eigenvalue weighted by Gasteiger charge is 2.18. The van der Waals surface area contributed by atoms with Gasteiger partial charge in [0.1, 0.15) is 11.5 Å². The summed E-state index contributed by atoms with van der Waals surface area (Å²) in [7, 11) is 1.26. The van der Waals surface area contributed by atoms with Gasteiger partial charge < -0.3 is 4.74 Å². The van der Waals surface area contributed by atoms with Gasteiger partial charge in [-0.3, -0.25) is 4.79 Å². The molecule has 0 saturated heterocycles. The highest BCUT2D eigenvalue weighted by molar-refractivity contribution is 5.82. The molecule has 0 atom stereocenters. The molecule has 0 N–H and O–H groups in total. The lowest BCUT2D eigenvalue weighted by Gasteiger charge is -2.08. The number of aldehydes is 1. The molecule has 0 saturated carbocycles. The number of nitrogens with zero attached hydrogens (tertiary/aromatic N) is 2. The van der Waals surface area contributed by atoms with Crippen molar-refractivity contribution in [1.29, 1.82) is 0 Å². The van der Waals surface area contributed by atoms with Crippen molar-refractivity contribution in [2.75, 3.05) is 7.11 Å². The van der Waals surface area contributed by atoms with E-state index in [1.807, 2.05) is 13.8 Å². The van der Waals surface area contributed by atoms with E-state index < -0.39 is 6.09 Å². The third-order valence-electron chi connectivity index (χ3n) is 1.81. The van der Waals surface area contributed by atoms with Crippen molar-refractivity contribution in [1.82, 2.24) is 9.55 Å². The average molecular weight is 196 g/mol. The molecule has 5 nitrogen and oxygen atoms in total. The molecule has 0 aliphatic carbocycles. The Kier molecular flexibility index (Phi) is 3.01. The number of hydrogen-bond acceptors (Lipinski definition) is 4. The molecule has 1 aromatic heterocycles. The van der Waals surface area contributed by atoms with Crippen molar-refractivity contribution in [3.63, 3.8) is 0 Å². The fraction of sp³-hybridized carbons (Fsp3) is 0.444. The van der Waals surface area contributed by atoms with E-state index in [2.05, 4.69) is 9.72 Å². The summed E-state index contributed by atoms with van der Waals surface area (Å²) in [6.07, 6.45) is 1.35. The first-order chi connectivity index (χ1) is 6.61. The van der Waals surface area contributed by atoms with Crippen molar-refractivity contribution in [2.24, 2.45) is 0 Å². The first-order valence-electron chi connectivity index (χ1n) is 4.23. The van der Waals surface area contributed by atoms with Crippen LogP contribution in [0.25, 0.3) is 0 Å². The maximum atomic E-state index is 11.3. The van der Waals surface area contributed by atoms with Crippen LogP contribution in [0, 0.1) is 0 Å². The Morgan fingerprint density at radius 3 is 2.71 bits per heavy atom. The predicted molar refractivity (Wildman–Crippen MR) is 49.5 cm³/mol. The number of carbonyl (C=O) groups is 2. The molecular formula is C9H12N2O3. The second-order valence-corrected chi connectivity index (χ2v) is 3.12. The van der Waals surface area contributed by atoms with Gasteiger partial charge in [-0.15, -0.1) is 0 Å². The molecule has 14 heavy (non-hydrogen) atoms. The molecule has 0 bridgehead atoms. The zero-order chi connectivity index (χ0) is 10.7. The summed E-state index contributed by atoms with van der Waals surface area (Å²) in [5, 5.41) is 0. The topological polar surface area (TPSA) is 61.2 Å². The SMILES string of the molecule is COC(=O)n1c(C=O)cnc1C(C)C. The van der Waals surface area contributed by atoms with Crippen LogP contribution in [0.3, 0.4) is 0 Å². The molecule has 0 amide bonds. The van der Waals surface area contributed by atoms with E-state index in [1.165, 1.54) is 17.9 Å². The lowest BCUT2D eigenvalue weighted by molar-refractivity contribution is 0.111. The standard InChI is InChI=1S/C9H12N2O3/c1-6(2)8-10-4-7(5-12)11(8)9(13)14-3/h4-6H,1-3H3. The second kappa shape index (κ2) is 4.04. The Balaban J connectivity index is 3.26. The van der Waals surface area contributed by atoms with Crippen LogP contribution >= 0.6 is 0 Å². The third-order valence-corrected chi connectivity index (χ3v) is 1.81. The van der Waals surface area contributed by atoms with Gasteiger partial charge in [0.05, 0.1) is 13.3 Å². The van der Waals surface area contributed by atoms with Crippen molar-refractivity contribution >= 4 is 12.4 Å². The van der Waals surface area contributed by atoms with Crippen LogP contribution in [-0.2, 0) is 4.74 Å². The molecule has 0 aromatic carbocycles. The zero-order valence-electron chi connectivity index (χ0n) is 8.35. The van der Waals surface area contributed by atoms with E-state index >= 15 is 0 Å². The quantitative estimate of drug-likeness (QED) is 0.671. The Labute approximate surface area is 81.7 Å². The molecule has 0 aliphatic heterocycles. The maximum absolute atomic E-state index is 11.3. The van der Waals surface area contributed by atoms with Crippen LogP contribution in [0.5, 0.6) is 0 Å². The molecule has 0 fully saturated rings. The first-order valence-corrected chi connectivity index (χ1v) is 4.23. The minimum absolute atomic E-state index is 0.0581. The monoisotopic (exact) mass is 196 g/mol. The van der Waals surface area contributed by atoms with E-state index in [0.29, 0.717) is 12.1 Å². The van der Waals surface area contributed by atoms with E-state index in [4.69, 9.17) is 0 Å². The van der Waals surface area contributed by atoms with Gasteiger partial charge in [-0.05, 0) is 0 Å². The molecule has 0 radical (unpaired) electrons. The fourth-order valence-electron chi connectivity index (χ4n) is 1.16. The van der Waals surface area contributed by atoms with Gasteiger partial charge in [0.15, 0.2) is 6.29 Å². The normalized spacial score (nSPS) is 10.3. The van der Waals surface area contributed by atoms with E-state index in [9.17, 15) is 9.59 Å². The number of rotatable bonds is 2. The largest absolute Gasteiger partial charge is 0.452 e. The van der Waals surface area contributed by atoms with Gasteiger partial charge >= 0.3 is 6.09 Å². The molecular weight excluding hydrogens is 184 g/mol. The van der Waals surface area contributed by atoms with Crippen molar-refractivity contribution in [3.8, 4) is 0 Å². The van der Waals surface area contributed by atoms with Crippen LogP contribution in [0.4, 0.5) is 4.79 Å². The first kappa shape index (κ1) is 10.4. The molecule has 0 unspecified atom stereocenters. The van der Waals surface area contributed by atoms with Crippen LogP contribution in [-0.4, -0.2) is 29.0 Å². The average Bonchev–Trinajstić information content (AvgIpc) is 2.59. The number of methoxy groups -OCH3 is 1. The van der Waals surface area contributed by atoms with Crippen LogP contribution in [0.2, 0.25) is 0 Å². The summed E-state index contributed by atoms with van der Waals surface area (Å²) in [5.74, 6) is 0.585. The summed E-state index contributed by atoms with van der Waals surface area (Å²) in [4.78, 5) is 25.9. The Hall–Kier alpha value is -1.65. The lowest BCUT2D eigenvalue weighted by Crippen LogP contribution is -2.18. The highest BCUT2D eigenvalue weighted by atomic mass is 16.5. The van der Waals surface area contributed by atoms with Crippen LogP contribution in [0.1, 0.15) is 36.1 Å². The molecule has 1 aromatic rings. The minimum atomic E-state index is -0.590. The van der Waals surface area contributed by atoms with Gasteiger partial charge in [0.25, 0.3) is 0 Å². The van der Waals surface area contributed by atoms with Crippen LogP contribution in [0.15, 0.2) is 6.20 Å². The van der Waals surface area contributed by atoms with Gasteiger partial charge in [0, 0.05) is 5.92 Å². The molecule has 1 heterocycles. The molecule has 0 spiro atoms. The number of hydrogen-bond donors (Lipinski definition) is 0. The lowest BCUT2D eigenvalue weighted by atomic mass is 10.2. The van der Waals surface area contributed by atoms with Crippen molar-refractivity contribution in [2.45, 2.75) is 19.8 Å². The summed E-state index contributed by atoms with van der Waals surface area (Å²) < 4.78 is 5.73. The number of ether oxygens (including phenoxy) is 1. The summed E-state index contributed by atoms with van der Waals surface area (Å²) in [5.41, 5.74) is 0.209. The molecule has 1 rings (SSSR count). The summed E-state index contributed by atoms with van der Waals surface area (Å²) >= 11 is 0. The zero-order valence-corrected chi connectivity index (χ0v) is 8.35. The van der Waals surface area contributed by atoms with E-state index in [1.54, 1.807) is 0 Å². The fourth-order valence-corrected chi connectivity index (χ4v) is 1.16. The number of carbonyl (C=O) groups excluding carboxylic acids is 2. The van der Waals surface area contributed by atoms with Gasteiger partial charge in [-0.25, -0.2) is 14.3 Å². The summed E-state index contributed by atoms with van der Waals surface area (Å²) in [6, 6.07) is 0. The van der Waals surface area contributed by atoms with Gasteiger partial charge in [0.2, 0.25) is 0 Å². The number of imidazole rings is 1. The third kappa shape index (κ3) is 1.66. The van der Waals surface area contributed by atoms with Crippen molar-refractivity contribution in [3.05, 3.63) is 17.7 Å². The van der Waals surface area contributed by atoms with Gasteiger partial charge in [-0.2, -0.15) is 0 Å². The van der Waals surface area contributed by atoms with Crippen LogP contribution < -0.4 is 0 Å². The highest BCUT2D eigenvalue weighted by Crippen LogP contribution is 2.14. The Morgan fingerprint density at radius 1 is 1.64 bits per heavy atom. The Morgan fingerprint density at radius 2 is 2.29 bits per heavy atom. The molecule has 76 valence electrons. The smallest absolute Gasteiger partial charge is 0.419 e. The number of aromatic nitrogens is 2. The van der Waals surface area contributed by atoms with E-state index in [0.717, 1.165) is 0 Å². The van der Waals surface area contributed by atoms with E-state index in [-0.39, 0.29) is 11.6 Å². The predicted octanol–water partition coefficient (Wildman–Crippen LogP) is 1.43.